The summed E-state index contributed by atoms with van der Waals surface area (Å²) in [6, 6.07) is 0. The van der Waals surface area contributed by atoms with Gasteiger partial charge in [0.15, 0.2) is 0 Å². The maximum Gasteiger partial charge on any atom is 0.303 e. The second-order valence-corrected chi connectivity index (χ2v) is 7.26. The molecule has 0 aliphatic carbocycles. The normalized spacial score (nSPS) is 12.5. The van der Waals surface area contributed by atoms with E-state index in [1.165, 1.54) is 64.2 Å². The van der Waals surface area contributed by atoms with E-state index in [-0.39, 0.29) is 0 Å². The van der Waals surface area contributed by atoms with Crippen molar-refractivity contribution in [3.05, 3.63) is 0 Å². The number of aliphatic carboxylic acids is 1. The van der Waals surface area contributed by atoms with Crippen LogP contribution >= 0.6 is 22.6 Å². The molecule has 0 rings (SSSR count). The third-order valence-electron chi connectivity index (χ3n) is 3.53. The first-order valence-electron chi connectivity index (χ1n) is 8.02. The molecular weight excluding hydrogens is 351 g/mol. The van der Waals surface area contributed by atoms with Crippen molar-refractivity contribution in [2.45, 2.75) is 94.3 Å². The van der Waals surface area contributed by atoms with Gasteiger partial charge in [-0.1, -0.05) is 87.3 Å². The van der Waals surface area contributed by atoms with Gasteiger partial charge in [-0.2, -0.15) is 0 Å². The highest BCUT2D eigenvalue weighted by Crippen LogP contribution is 2.18. The average molecular weight is 382 g/mol. The molecule has 1 N–H and O–H groups in total. The number of hydrogen-bond donors (Lipinski definition) is 1. The van der Waals surface area contributed by atoms with Crippen LogP contribution in [-0.4, -0.2) is 15.0 Å². The summed E-state index contributed by atoms with van der Waals surface area (Å²) in [5.41, 5.74) is 0. The fraction of sp³-hybridized carbons (Fsp3) is 0.938. The zero-order valence-electron chi connectivity index (χ0n) is 12.5. The van der Waals surface area contributed by atoms with Crippen molar-refractivity contribution in [3.8, 4) is 0 Å². The van der Waals surface area contributed by atoms with Gasteiger partial charge in [0.25, 0.3) is 0 Å². The first-order valence-corrected chi connectivity index (χ1v) is 9.27. The predicted octanol–water partition coefficient (Wildman–Crippen LogP) is 5.97. The van der Waals surface area contributed by atoms with Crippen molar-refractivity contribution < 1.29 is 9.90 Å². The van der Waals surface area contributed by atoms with E-state index in [4.69, 9.17) is 5.11 Å². The van der Waals surface area contributed by atoms with Crippen LogP contribution in [0, 0.1) is 0 Å². The summed E-state index contributed by atoms with van der Waals surface area (Å²) in [7, 11) is 0. The molecule has 0 saturated carbocycles. The molecule has 0 saturated heterocycles. The molecule has 0 aromatic carbocycles. The second-order valence-electron chi connectivity index (χ2n) is 5.50. The predicted molar refractivity (Wildman–Crippen MR) is 91.1 cm³/mol. The topological polar surface area (TPSA) is 37.3 Å². The van der Waals surface area contributed by atoms with Gasteiger partial charge in [0, 0.05) is 10.3 Å². The molecule has 1 unspecified atom stereocenters. The van der Waals surface area contributed by atoms with E-state index in [2.05, 4.69) is 29.5 Å². The Morgan fingerprint density at radius 1 is 0.895 bits per heavy atom. The van der Waals surface area contributed by atoms with Gasteiger partial charge in [0.2, 0.25) is 0 Å². The van der Waals surface area contributed by atoms with E-state index < -0.39 is 5.97 Å². The molecule has 0 heterocycles. The zero-order valence-corrected chi connectivity index (χ0v) is 14.7. The van der Waals surface area contributed by atoms with Crippen molar-refractivity contribution in [2.24, 2.45) is 0 Å². The highest BCUT2D eigenvalue weighted by molar-refractivity contribution is 14.1. The first-order chi connectivity index (χ1) is 9.16. The molecule has 19 heavy (non-hydrogen) atoms. The fourth-order valence-corrected chi connectivity index (χ4v) is 3.15. The quantitative estimate of drug-likeness (QED) is 0.228. The van der Waals surface area contributed by atoms with Crippen LogP contribution in [0.2, 0.25) is 0 Å². The summed E-state index contributed by atoms with van der Waals surface area (Å²) in [5.74, 6) is -0.656. The van der Waals surface area contributed by atoms with Gasteiger partial charge in [-0.15, -0.1) is 0 Å². The molecule has 0 amide bonds. The summed E-state index contributed by atoms with van der Waals surface area (Å²) in [6.45, 7) is 2.26. The van der Waals surface area contributed by atoms with Gasteiger partial charge in [-0.25, -0.2) is 0 Å². The Hall–Kier alpha value is 0.200. The van der Waals surface area contributed by atoms with Gasteiger partial charge in [-0.3, -0.25) is 4.79 Å². The van der Waals surface area contributed by atoms with Crippen molar-refractivity contribution in [2.75, 3.05) is 0 Å². The summed E-state index contributed by atoms with van der Waals surface area (Å²) < 4.78 is 0.883. The third-order valence-corrected chi connectivity index (χ3v) is 4.77. The molecular formula is C16H31IO2. The number of alkyl halides is 1. The molecule has 0 spiro atoms. The Kier molecular flexibility index (Phi) is 14.8. The maximum atomic E-state index is 10.3. The van der Waals surface area contributed by atoms with Crippen molar-refractivity contribution in [1.29, 1.82) is 0 Å². The Morgan fingerprint density at radius 3 is 1.89 bits per heavy atom. The van der Waals surface area contributed by atoms with Gasteiger partial charge in [0.1, 0.15) is 0 Å². The molecule has 0 radical (unpaired) electrons. The largest absolute Gasteiger partial charge is 0.481 e. The molecule has 3 heteroatoms. The minimum atomic E-state index is -0.656. The lowest BCUT2D eigenvalue weighted by Gasteiger charge is -2.08. The molecule has 2 nitrogen and oxygen atoms in total. The maximum absolute atomic E-state index is 10.3. The number of carbonyl (C=O) groups is 1. The van der Waals surface area contributed by atoms with Crippen molar-refractivity contribution in [1.82, 2.24) is 0 Å². The van der Waals surface area contributed by atoms with E-state index >= 15 is 0 Å². The van der Waals surface area contributed by atoms with Crippen LogP contribution in [0.3, 0.4) is 0 Å². The zero-order chi connectivity index (χ0) is 14.3. The molecule has 0 fully saturated rings. The van der Waals surface area contributed by atoms with Gasteiger partial charge in [-0.05, 0) is 19.3 Å². The number of carboxylic acid groups (broad SMARTS) is 1. The van der Waals surface area contributed by atoms with E-state index in [1.54, 1.807) is 0 Å². The van der Waals surface area contributed by atoms with E-state index in [0.717, 1.165) is 16.8 Å². The van der Waals surface area contributed by atoms with Gasteiger partial charge >= 0.3 is 5.97 Å². The Balaban J connectivity index is 3.08. The summed E-state index contributed by atoms with van der Waals surface area (Å²) in [5, 5.41) is 8.51. The SMILES string of the molecule is CCCCC(I)CCCCCCCCCCC(=O)O. The molecule has 114 valence electrons. The number of halogens is 1. The third kappa shape index (κ3) is 16.1. The molecule has 0 aromatic heterocycles. The number of carboxylic acids is 1. The van der Waals surface area contributed by atoms with Crippen molar-refractivity contribution >= 4 is 28.6 Å². The van der Waals surface area contributed by atoms with Gasteiger partial charge < -0.3 is 5.11 Å². The summed E-state index contributed by atoms with van der Waals surface area (Å²) in [6.07, 6.45) is 15.7. The summed E-state index contributed by atoms with van der Waals surface area (Å²) in [4.78, 5) is 10.3. The van der Waals surface area contributed by atoms with Crippen LogP contribution in [0.1, 0.15) is 90.4 Å². The number of unbranched alkanes of at least 4 members (excludes halogenated alkanes) is 8. The van der Waals surface area contributed by atoms with Crippen LogP contribution in [0.25, 0.3) is 0 Å². The first kappa shape index (κ1) is 19.2. The molecule has 1 atom stereocenters. The van der Waals surface area contributed by atoms with Crippen LogP contribution in [0.5, 0.6) is 0 Å². The lowest BCUT2D eigenvalue weighted by Crippen LogP contribution is -1.97. The lowest BCUT2D eigenvalue weighted by molar-refractivity contribution is -0.137. The Bertz CT molecular complexity index is 207. The molecule has 0 bridgehead atoms. The monoisotopic (exact) mass is 382 g/mol. The highest BCUT2D eigenvalue weighted by Gasteiger charge is 2.02. The second kappa shape index (κ2) is 14.6. The molecule has 0 aliphatic rings. The van der Waals surface area contributed by atoms with Crippen molar-refractivity contribution in [3.63, 3.8) is 0 Å². The number of hydrogen-bond acceptors (Lipinski definition) is 1. The minimum Gasteiger partial charge on any atom is -0.481 e. The molecule has 0 aromatic rings. The average Bonchev–Trinajstić information content (AvgIpc) is 2.38. The summed E-state index contributed by atoms with van der Waals surface area (Å²) >= 11 is 2.61. The highest BCUT2D eigenvalue weighted by atomic mass is 127. The number of rotatable bonds is 14. The van der Waals surface area contributed by atoms with Gasteiger partial charge in [0.05, 0.1) is 0 Å². The van der Waals surface area contributed by atoms with E-state index in [1.807, 2.05) is 0 Å². The smallest absolute Gasteiger partial charge is 0.303 e. The van der Waals surface area contributed by atoms with Crippen LogP contribution in [0.4, 0.5) is 0 Å². The van der Waals surface area contributed by atoms with Crippen LogP contribution in [-0.2, 0) is 4.79 Å². The van der Waals surface area contributed by atoms with E-state index in [9.17, 15) is 4.79 Å². The minimum absolute atomic E-state index is 0.342. The van der Waals surface area contributed by atoms with Crippen LogP contribution < -0.4 is 0 Å². The lowest BCUT2D eigenvalue weighted by atomic mass is 10.0. The van der Waals surface area contributed by atoms with Crippen LogP contribution in [0.15, 0.2) is 0 Å². The van der Waals surface area contributed by atoms with E-state index in [0.29, 0.717) is 6.42 Å². The Labute approximate surface area is 132 Å². The Morgan fingerprint density at radius 2 is 1.37 bits per heavy atom. The fourth-order valence-electron chi connectivity index (χ4n) is 2.27. The molecule has 0 aliphatic heterocycles. The standard InChI is InChI=1S/C16H31IO2/c1-2-3-12-15(17)13-10-8-6-4-5-7-9-11-14-16(18)19/h15H,2-14H2,1H3,(H,18,19).